The maximum absolute atomic E-state index is 12.1. The number of ether oxygens (including phenoxy) is 1. The summed E-state index contributed by atoms with van der Waals surface area (Å²) >= 11 is 0. The zero-order valence-electron chi connectivity index (χ0n) is 10.6. The van der Waals surface area contributed by atoms with Crippen molar-refractivity contribution in [1.29, 1.82) is 0 Å². The van der Waals surface area contributed by atoms with Crippen molar-refractivity contribution in [2.75, 3.05) is 11.9 Å². The molecule has 1 aliphatic heterocycles. The van der Waals surface area contributed by atoms with E-state index in [0.29, 0.717) is 18.5 Å². The number of hydrogen-bond donors (Lipinski definition) is 2. The third kappa shape index (κ3) is 3.91. The lowest BCUT2D eigenvalue weighted by Gasteiger charge is -2.21. The number of anilines is 1. The van der Waals surface area contributed by atoms with Gasteiger partial charge in [-0.25, -0.2) is 0 Å². The molecule has 1 saturated heterocycles. The molecule has 0 radical (unpaired) electrons. The van der Waals surface area contributed by atoms with Crippen molar-refractivity contribution in [2.45, 2.75) is 19.5 Å². The van der Waals surface area contributed by atoms with E-state index in [4.69, 9.17) is 0 Å². The molecule has 0 aliphatic carbocycles. The van der Waals surface area contributed by atoms with Crippen LogP contribution in [0.2, 0.25) is 0 Å². The van der Waals surface area contributed by atoms with Gasteiger partial charge in [0.2, 0.25) is 11.8 Å². The predicted octanol–water partition coefficient (Wildman–Crippen LogP) is 1.75. The summed E-state index contributed by atoms with van der Waals surface area (Å²) in [6.45, 7) is -2.62. The molecule has 1 aliphatic rings. The van der Waals surface area contributed by atoms with Crippen LogP contribution in [0.4, 0.5) is 14.5 Å². The summed E-state index contributed by atoms with van der Waals surface area (Å²) in [7, 11) is 0. The molecule has 1 aromatic carbocycles. The molecule has 2 amide bonds. The largest absolute Gasteiger partial charge is 0.435 e. The number of carbonyl (C=O) groups is 2. The monoisotopic (exact) mass is 284 g/mol. The van der Waals surface area contributed by atoms with Crippen molar-refractivity contribution in [1.82, 2.24) is 5.32 Å². The maximum atomic E-state index is 12.1. The molecule has 0 bridgehead atoms. The van der Waals surface area contributed by atoms with Gasteiger partial charge in [0.25, 0.3) is 0 Å². The Hall–Kier alpha value is -2.18. The number of benzene rings is 1. The Labute approximate surface area is 114 Å². The van der Waals surface area contributed by atoms with E-state index in [1.54, 1.807) is 6.07 Å². The maximum Gasteiger partial charge on any atom is 0.387 e. The van der Waals surface area contributed by atoms with Gasteiger partial charge in [0.1, 0.15) is 5.75 Å². The van der Waals surface area contributed by atoms with E-state index >= 15 is 0 Å². The lowest BCUT2D eigenvalue weighted by molar-refractivity contribution is -0.126. The van der Waals surface area contributed by atoms with E-state index in [1.165, 1.54) is 18.2 Å². The molecular formula is C13H14F2N2O3. The van der Waals surface area contributed by atoms with Crippen LogP contribution in [0.15, 0.2) is 24.3 Å². The van der Waals surface area contributed by atoms with Gasteiger partial charge in [-0.2, -0.15) is 8.78 Å². The van der Waals surface area contributed by atoms with E-state index in [9.17, 15) is 18.4 Å². The Kier molecular flexibility index (Phi) is 4.49. The number of piperidine rings is 1. The minimum atomic E-state index is -2.91. The molecule has 1 unspecified atom stereocenters. The summed E-state index contributed by atoms with van der Waals surface area (Å²) in [5.74, 6) is -0.650. The van der Waals surface area contributed by atoms with Crippen molar-refractivity contribution < 1.29 is 23.1 Å². The van der Waals surface area contributed by atoms with Gasteiger partial charge in [-0.1, -0.05) is 6.07 Å². The van der Waals surface area contributed by atoms with Crippen molar-refractivity contribution in [3.8, 4) is 5.75 Å². The quantitative estimate of drug-likeness (QED) is 0.885. The van der Waals surface area contributed by atoms with Gasteiger partial charge in [0.05, 0.1) is 5.92 Å². The third-order valence-electron chi connectivity index (χ3n) is 2.96. The van der Waals surface area contributed by atoms with Crippen molar-refractivity contribution >= 4 is 17.5 Å². The molecule has 0 spiro atoms. The third-order valence-corrected chi connectivity index (χ3v) is 2.96. The molecule has 20 heavy (non-hydrogen) atoms. The molecule has 0 aromatic heterocycles. The van der Waals surface area contributed by atoms with E-state index in [1.807, 2.05) is 0 Å². The van der Waals surface area contributed by atoms with Crippen LogP contribution in [0.5, 0.6) is 5.75 Å². The van der Waals surface area contributed by atoms with Gasteiger partial charge in [-0.3, -0.25) is 9.59 Å². The summed E-state index contributed by atoms with van der Waals surface area (Å²) in [4.78, 5) is 23.0. The zero-order valence-corrected chi connectivity index (χ0v) is 10.6. The lowest BCUT2D eigenvalue weighted by atomic mass is 9.98. The van der Waals surface area contributed by atoms with Gasteiger partial charge in [0.15, 0.2) is 0 Å². The zero-order chi connectivity index (χ0) is 14.5. The average Bonchev–Trinajstić information content (AvgIpc) is 2.39. The summed E-state index contributed by atoms with van der Waals surface area (Å²) in [6, 6.07) is 5.79. The molecule has 5 nitrogen and oxygen atoms in total. The van der Waals surface area contributed by atoms with Crippen LogP contribution in [0.1, 0.15) is 12.8 Å². The number of rotatable bonds is 4. The number of halogens is 2. The second kappa shape index (κ2) is 6.31. The molecular weight excluding hydrogens is 270 g/mol. The van der Waals surface area contributed by atoms with Crippen molar-refractivity contribution in [3.63, 3.8) is 0 Å². The second-order valence-electron chi connectivity index (χ2n) is 4.44. The smallest absolute Gasteiger partial charge is 0.387 e. The van der Waals surface area contributed by atoms with Crippen LogP contribution in [0.25, 0.3) is 0 Å². The Bertz CT molecular complexity index is 498. The highest BCUT2D eigenvalue weighted by atomic mass is 19.3. The Morgan fingerprint density at radius 2 is 2.25 bits per heavy atom. The van der Waals surface area contributed by atoms with Gasteiger partial charge in [0, 0.05) is 24.7 Å². The fraction of sp³-hybridized carbons (Fsp3) is 0.385. The number of alkyl halides is 2. The van der Waals surface area contributed by atoms with Crippen LogP contribution in [-0.4, -0.2) is 25.0 Å². The minimum Gasteiger partial charge on any atom is -0.435 e. The Morgan fingerprint density at radius 3 is 2.90 bits per heavy atom. The summed E-state index contributed by atoms with van der Waals surface area (Å²) < 4.78 is 28.4. The molecule has 2 rings (SSSR count). The van der Waals surface area contributed by atoms with Crippen molar-refractivity contribution in [3.05, 3.63) is 24.3 Å². The van der Waals surface area contributed by atoms with Crippen LogP contribution < -0.4 is 15.4 Å². The fourth-order valence-corrected chi connectivity index (χ4v) is 1.95. The van der Waals surface area contributed by atoms with Crippen LogP contribution >= 0.6 is 0 Å². The topological polar surface area (TPSA) is 67.4 Å². The van der Waals surface area contributed by atoms with Crippen LogP contribution in [0, 0.1) is 5.92 Å². The molecule has 2 N–H and O–H groups in total. The van der Waals surface area contributed by atoms with E-state index < -0.39 is 6.61 Å². The molecule has 7 heteroatoms. The predicted molar refractivity (Wildman–Crippen MR) is 67.4 cm³/mol. The van der Waals surface area contributed by atoms with E-state index in [2.05, 4.69) is 15.4 Å². The first-order valence-electron chi connectivity index (χ1n) is 6.17. The summed E-state index contributed by atoms with van der Waals surface area (Å²) in [6.07, 6.45) is 0.789. The first-order valence-corrected chi connectivity index (χ1v) is 6.17. The normalized spacial score (nSPS) is 18.6. The number of carbonyl (C=O) groups excluding carboxylic acids is 2. The molecule has 1 atom stereocenters. The highest BCUT2D eigenvalue weighted by molar-refractivity contribution is 5.94. The van der Waals surface area contributed by atoms with Crippen molar-refractivity contribution in [2.24, 2.45) is 5.92 Å². The SMILES string of the molecule is O=C1CCC(C(=O)Nc2cccc(OC(F)F)c2)CN1. The molecule has 1 fully saturated rings. The minimum absolute atomic E-state index is 0.0188. The fourth-order valence-electron chi connectivity index (χ4n) is 1.95. The lowest BCUT2D eigenvalue weighted by Crippen LogP contribution is -2.40. The summed E-state index contributed by atoms with van der Waals surface area (Å²) in [5, 5.41) is 5.24. The Morgan fingerprint density at radius 1 is 1.45 bits per heavy atom. The molecule has 1 aromatic rings. The van der Waals surface area contributed by atoms with Gasteiger partial charge >= 0.3 is 6.61 Å². The Balaban J connectivity index is 1.95. The first-order chi connectivity index (χ1) is 9.54. The second-order valence-corrected chi connectivity index (χ2v) is 4.44. The highest BCUT2D eigenvalue weighted by Crippen LogP contribution is 2.21. The van der Waals surface area contributed by atoms with E-state index in [0.717, 1.165) is 0 Å². The number of nitrogens with one attached hydrogen (secondary N) is 2. The summed E-state index contributed by atoms with van der Waals surface area (Å²) in [5.41, 5.74) is 0.380. The highest BCUT2D eigenvalue weighted by Gasteiger charge is 2.24. The first kappa shape index (κ1) is 14.2. The van der Waals surface area contributed by atoms with E-state index in [-0.39, 0.29) is 30.0 Å². The number of hydrogen-bond acceptors (Lipinski definition) is 3. The van der Waals surface area contributed by atoms with Gasteiger partial charge in [-0.05, 0) is 18.6 Å². The molecule has 0 saturated carbocycles. The number of amides is 2. The van der Waals surface area contributed by atoms with Gasteiger partial charge in [-0.15, -0.1) is 0 Å². The average molecular weight is 284 g/mol. The van der Waals surface area contributed by atoms with Crippen LogP contribution in [0.3, 0.4) is 0 Å². The standard InChI is InChI=1S/C13H14F2N2O3/c14-13(15)20-10-3-1-2-9(6-10)17-12(19)8-4-5-11(18)16-7-8/h1-3,6,8,13H,4-5,7H2,(H,16,18)(H,17,19). The molecule has 108 valence electrons. The van der Waals surface area contributed by atoms with Crippen LogP contribution in [-0.2, 0) is 9.59 Å². The van der Waals surface area contributed by atoms with Gasteiger partial charge < -0.3 is 15.4 Å². The molecule has 1 heterocycles.